The van der Waals surface area contributed by atoms with Gasteiger partial charge in [0, 0.05) is 29.2 Å². The number of anilines is 1. The quantitative estimate of drug-likeness (QED) is 0.492. The van der Waals surface area contributed by atoms with Crippen molar-refractivity contribution in [2.24, 2.45) is 0 Å². The Balaban J connectivity index is 1.65. The molecule has 0 aliphatic carbocycles. The molecule has 1 aliphatic rings. The summed E-state index contributed by atoms with van der Waals surface area (Å²) >= 11 is 0. The van der Waals surface area contributed by atoms with Crippen LogP contribution in [0.2, 0.25) is 0 Å². The van der Waals surface area contributed by atoms with Gasteiger partial charge >= 0.3 is 0 Å². The molecule has 1 aromatic carbocycles. The Morgan fingerprint density at radius 3 is 2.56 bits per heavy atom. The van der Waals surface area contributed by atoms with Crippen LogP contribution < -0.4 is 10.6 Å². The third kappa shape index (κ3) is 8.19. The number of hydrogen-bond acceptors (Lipinski definition) is 4. The molecular weight excluding hydrogens is 352 g/mol. The maximum atomic E-state index is 12.0. The van der Waals surface area contributed by atoms with E-state index < -0.39 is 0 Å². The van der Waals surface area contributed by atoms with Gasteiger partial charge in [0.15, 0.2) is 0 Å². The average Bonchev–Trinajstić information content (AvgIpc) is 3.06. The molecule has 0 spiro atoms. The third-order valence-corrected chi connectivity index (χ3v) is 6.97. The monoisotopic (exact) mass is 380 g/mol. The van der Waals surface area contributed by atoms with Gasteiger partial charge in [-0.15, -0.1) is 0 Å². The molecule has 1 fully saturated rings. The molecule has 1 saturated heterocycles. The van der Waals surface area contributed by atoms with Crippen LogP contribution in [0, 0.1) is 0 Å². The molecule has 0 bridgehead atoms. The fraction of sp³-hybridized carbons (Fsp3) is 0.579. The van der Waals surface area contributed by atoms with Crippen LogP contribution in [0.3, 0.4) is 0 Å². The van der Waals surface area contributed by atoms with E-state index in [1.165, 1.54) is 18.6 Å². The normalized spacial score (nSPS) is 16.8. The van der Waals surface area contributed by atoms with E-state index >= 15 is 0 Å². The molecule has 25 heavy (non-hydrogen) atoms. The summed E-state index contributed by atoms with van der Waals surface area (Å²) < 4.78 is 0. The lowest BCUT2D eigenvalue weighted by atomic mass is 10.1. The van der Waals surface area contributed by atoms with Crippen molar-refractivity contribution in [3.8, 4) is 0 Å². The zero-order valence-electron chi connectivity index (χ0n) is 15.0. The standard InChI is InChI=1S/C19H28N2O2S2/c1-14(2)20-19(23)13-15-7-9-16(10-8-15)21-18(22)6-4-3-5-17-11-12-24-25-17/h7-10,14,17H,3-6,11-13H2,1-2H3,(H,20,23)(H,21,22). The van der Waals surface area contributed by atoms with Crippen LogP contribution in [0.25, 0.3) is 0 Å². The summed E-state index contributed by atoms with van der Waals surface area (Å²) in [4.78, 5) is 23.8. The van der Waals surface area contributed by atoms with E-state index in [1.54, 1.807) is 0 Å². The summed E-state index contributed by atoms with van der Waals surface area (Å²) in [5.41, 5.74) is 1.74. The molecule has 0 radical (unpaired) electrons. The Kier molecular flexibility index (Phi) is 8.68. The number of carbonyl (C=O) groups is 2. The van der Waals surface area contributed by atoms with Crippen molar-refractivity contribution in [3.63, 3.8) is 0 Å². The molecule has 6 heteroatoms. The molecular formula is C19H28N2O2S2. The SMILES string of the molecule is CC(C)NC(=O)Cc1ccc(NC(=O)CCCCC2CCSS2)cc1. The lowest BCUT2D eigenvalue weighted by Gasteiger charge is -2.09. The highest BCUT2D eigenvalue weighted by atomic mass is 33.1. The lowest BCUT2D eigenvalue weighted by Crippen LogP contribution is -2.31. The second-order valence-corrected chi connectivity index (χ2v) is 9.51. The molecule has 1 aliphatic heterocycles. The van der Waals surface area contributed by atoms with Gasteiger partial charge in [-0.3, -0.25) is 9.59 Å². The zero-order valence-corrected chi connectivity index (χ0v) is 16.7. The molecule has 0 saturated carbocycles. The van der Waals surface area contributed by atoms with Gasteiger partial charge in [0.2, 0.25) is 11.8 Å². The first-order chi connectivity index (χ1) is 12.0. The van der Waals surface area contributed by atoms with Crippen LogP contribution in [0.5, 0.6) is 0 Å². The Morgan fingerprint density at radius 2 is 1.92 bits per heavy atom. The first kappa shape index (κ1) is 20.2. The third-order valence-electron chi connectivity index (χ3n) is 3.96. The van der Waals surface area contributed by atoms with E-state index in [1.807, 2.05) is 59.7 Å². The van der Waals surface area contributed by atoms with Crippen molar-refractivity contribution < 1.29 is 9.59 Å². The number of hydrogen-bond donors (Lipinski definition) is 2. The van der Waals surface area contributed by atoms with E-state index in [9.17, 15) is 9.59 Å². The van der Waals surface area contributed by atoms with Crippen LogP contribution >= 0.6 is 21.6 Å². The predicted octanol–water partition coefficient (Wildman–Crippen LogP) is 4.41. The van der Waals surface area contributed by atoms with Crippen LogP contribution in [-0.4, -0.2) is 28.9 Å². The largest absolute Gasteiger partial charge is 0.354 e. The summed E-state index contributed by atoms with van der Waals surface area (Å²) in [6, 6.07) is 7.66. The van der Waals surface area contributed by atoms with Crippen LogP contribution in [0.15, 0.2) is 24.3 Å². The van der Waals surface area contributed by atoms with Crippen LogP contribution in [0.1, 0.15) is 51.5 Å². The number of benzene rings is 1. The summed E-state index contributed by atoms with van der Waals surface area (Å²) in [5.74, 6) is 1.36. The van der Waals surface area contributed by atoms with Gasteiger partial charge in [0.25, 0.3) is 0 Å². The Hall–Kier alpha value is -1.14. The van der Waals surface area contributed by atoms with Crippen molar-refractivity contribution >= 4 is 39.1 Å². The summed E-state index contributed by atoms with van der Waals surface area (Å²) in [5, 5.41) is 6.60. The molecule has 1 aromatic rings. The highest BCUT2D eigenvalue weighted by molar-refractivity contribution is 8.77. The van der Waals surface area contributed by atoms with Gasteiger partial charge in [-0.25, -0.2) is 0 Å². The second kappa shape index (κ2) is 10.8. The molecule has 2 amide bonds. The molecule has 1 heterocycles. The highest BCUT2D eigenvalue weighted by Gasteiger charge is 2.15. The van der Waals surface area contributed by atoms with Crippen molar-refractivity contribution in [2.45, 2.75) is 63.7 Å². The maximum absolute atomic E-state index is 12.0. The molecule has 4 nitrogen and oxygen atoms in total. The average molecular weight is 381 g/mol. The van der Waals surface area contributed by atoms with Gasteiger partial charge in [-0.05, 0) is 50.8 Å². The Morgan fingerprint density at radius 1 is 1.16 bits per heavy atom. The smallest absolute Gasteiger partial charge is 0.224 e. The van der Waals surface area contributed by atoms with E-state index in [0.717, 1.165) is 29.3 Å². The topological polar surface area (TPSA) is 58.2 Å². The highest BCUT2D eigenvalue weighted by Crippen LogP contribution is 2.39. The van der Waals surface area contributed by atoms with Crippen LogP contribution in [-0.2, 0) is 16.0 Å². The minimum Gasteiger partial charge on any atom is -0.354 e. The van der Waals surface area contributed by atoms with E-state index in [4.69, 9.17) is 0 Å². The first-order valence-electron chi connectivity index (χ1n) is 8.99. The molecule has 2 N–H and O–H groups in total. The molecule has 1 unspecified atom stereocenters. The van der Waals surface area contributed by atoms with Gasteiger partial charge in [-0.1, -0.05) is 40.1 Å². The van der Waals surface area contributed by atoms with Gasteiger partial charge in [0.1, 0.15) is 0 Å². The van der Waals surface area contributed by atoms with Gasteiger partial charge < -0.3 is 10.6 Å². The fourth-order valence-corrected chi connectivity index (χ4v) is 5.74. The minimum atomic E-state index is 0.0191. The minimum absolute atomic E-state index is 0.0191. The van der Waals surface area contributed by atoms with Crippen molar-refractivity contribution in [1.29, 1.82) is 0 Å². The van der Waals surface area contributed by atoms with Crippen molar-refractivity contribution in [1.82, 2.24) is 5.32 Å². The van der Waals surface area contributed by atoms with E-state index in [0.29, 0.717) is 12.8 Å². The predicted molar refractivity (Wildman–Crippen MR) is 109 cm³/mol. The summed E-state index contributed by atoms with van der Waals surface area (Å²) in [6.07, 6.45) is 5.53. The second-order valence-electron chi connectivity index (χ2n) is 6.72. The van der Waals surface area contributed by atoms with E-state index in [2.05, 4.69) is 10.6 Å². The molecule has 2 rings (SSSR count). The number of amides is 2. The Bertz CT molecular complexity index is 555. The number of unbranched alkanes of at least 4 members (excludes halogenated alkanes) is 1. The first-order valence-corrected chi connectivity index (χ1v) is 11.4. The number of carbonyl (C=O) groups excluding carboxylic acids is 2. The van der Waals surface area contributed by atoms with Crippen LogP contribution in [0.4, 0.5) is 5.69 Å². The maximum Gasteiger partial charge on any atom is 0.224 e. The van der Waals surface area contributed by atoms with Crippen molar-refractivity contribution in [3.05, 3.63) is 29.8 Å². The van der Waals surface area contributed by atoms with E-state index in [-0.39, 0.29) is 17.9 Å². The fourth-order valence-electron chi connectivity index (χ4n) is 2.71. The molecule has 138 valence electrons. The number of rotatable bonds is 9. The summed E-state index contributed by atoms with van der Waals surface area (Å²) in [7, 11) is 3.97. The van der Waals surface area contributed by atoms with Gasteiger partial charge in [-0.2, -0.15) is 0 Å². The Labute approximate surface area is 158 Å². The van der Waals surface area contributed by atoms with Crippen molar-refractivity contribution in [2.75, 3.05) is 11.1 Å². The molecule has 1 atom stereocenters. The number of nitrogens with one attached hydrogen (secondary N) is 2. The molecule has 0 aromatic heterocycles. The van der Waals surface area contributed by atoms with Gasteiger partial charge in [0.05, 0.1) is 6.42 Å². The summed E-state index contributed by atoms with van der Waals surface area (Å²) in [6.45, 7) is 3.89. The lowest BCUT2D eigenvalue weighted by molar-refractivity contribution is -0.121. The zero-order chi connectivity index (χ0) is 18.1.